The molecule has 2 N–H and O–H groups in total. The van der Waals surface area contributed by atoms with Crippen LogP contribution < -0.4 is 10.6 Å². The van der Waals surface area contributed by atoms with Gasteiger partial charge >= 0.3 is 0 Å². The molecule has 1 aromatic carbocycles. The van der Waals surface area contributed by atoms with Gasteiger partial charge in [-0.3, -0.25) is 4.68 Å². The van der Waals surface area contributed by atoms with Gasteiger partial charge in [-0.2, -0.15) is 5.10 Å². The number of aromatic nitrogens is 2. The maximum atomic E-state index is 5.13. The fourth-order valence-electron chi connectivity index (χ4n) is 1.61. The Bertz CT molecular complexity index is 490. The Morgan fingerprint density at radius 2 is 2.11 bits per heavy atom. The average molecular weight is 260 g/mol. The van der Waals surface area contributed by atoms with Gasteiger partial charge in [-0.05, 0) is 42.9 Å². The summed E-state index contributed by atoms with van der Waals surface area (Å²) in [5.41, 5.74) is 2.20. The lowest BCUT2D eigenvalue weighted by Crippen LogP contribution is -2.27. The van der Waals surface area contributed by atoms with Crippen LogP contribution in [-0.4, -0.2) is 21.4 Å². The van der Waals surface area contributed by atoms with Crippen LogP contribution in [0.15, 0.2) is 42.7 Å². The molecular formula is C13H16N4S. The molecular weight excluding hydrogens is 244 g/mol. The van der Waals surface area contributed by atoms with Gasteiger partial charge in [-0.15, -0.1) is 0 Å². The zero-order valence-electron chi connectivity index (χ0n) is 10.3. The number of hydrogen-bond donors (Lipinski definition) is 2. The minimum atomic E-state index is 0.650. The van der Waals surface area contributed by atoms with Crippen LogP contribution in [0, 0.1) is 0 Å². The molecule has 0 saturated carbocycles. The number of nitrogens with one attached hydrogen (secondary N) is 2. The lowest BCUT2D eigenvalue weighted by atomic mass is 10.2. The van der Waals surface area contributed by atoms with Crippen LogP contribution in [0.2, 0.25) is 0 Å². The Morgan fingerprint density at radius 3 is 2.72 bits per heavy atom. The predicted octanol–water partition coefficient (Wildman–Crippen LogP) is 2.24. The minimum absolute atomic E-state index is 0.650. The number of rotatable bonds is 4. The highest BCUT2D eigenvalue weighted by Crippen LogP contribution is 2.10. The van der Waals surface area contributed by atoms with Crippen molar-refractivity contribution in [2.24, 2.45) is 0 Å². The van der Waals surface area contributed by atoms with Crippen LogP contribution in [0.1, 0.15) is 12.5 Å². The molecule has 0 radical (unpaired) electrons. The number of hydrogen-bond acceptors (Lipinski definition) is 2. The van der Waals surface area contributed by atoms with Crippen LogP contribution in [0.25, 0.3) is 0 Å². The fraction of sp³-hybridized carbons (Fsp3) is 0.231. The van der Waals surface area contributed by atoms with E-state index in [9.17, 15) is 0 Å². The molecule has 0 fully saturated rings. The topological polar surface area (TPSA) is 41.9 Å². The third-order valence-electron chi connectivity index (χ3n) is 2.45. The molecule has 0 saturated heterocycles. The molecule has 2 rings (SSSR count). The van der Waals surface area contributed by atoms with Crippen LogP contribution >= 0.6 is 12.2 Å². The van der Waals surface area contributed by atoms with E-state index >= 15 is 0 Å². The van der Waals surface area contributed by atoms with Crippen molar-refractivity contribution in [2.45, 2.75) is 13.5 Å². The molecule has 1 heterocycles. The molecule has 1 aromatic heterocycles. The monoisotopic (exact) mass is 260 g/mol. The molecule has 0 unspecified atom stereocenters. The molecule has 18 heavy (non-hydrogen) atoms. The minimum Gasteiger partial charge on any atom is -0.363 e. The summed E-state index contributed by atoms with van der Waals surface area (Å²) in [5.74, 6) is 0. The second-order valence-corrected chi connectivity index (χ2v) is 4.29. The summed E-state index contributed by atoms with van der Waals surface area (Å²) in [4.78, 5) is 0. The molecule has 94 valence electrons. The van der Waals surface area contributed by atoms with Crippen molar-refractivity contribution in [1.82, 2.24) is 15.1 Å². The van der Waals surface area contributed by atoms with Crippen LogP contribution in [-0.2, 0) is 6.54 Å². The second-order valence-electron chi connectivity index (χ2n) is 3.89. The molecule has 0 aliphatic rings. The van der Waals surface area contributed by atoms with Crippen LogP contribution in [0.3, 0.4) is 0 Å². The molecule has 0 aliphatic carbocycles. The summed E-state index contributed by atoms with van der Waals surface area (Å²) in [6.07, 6.45) is 3.73. The van der Waals surface area contributed by atoms with Gasteiger partial charge in [-0.1, -0.05) is 12.1 Å². The Morgan fingerprint density at radius 1 is 1.33 bits per heavy atom. The quantitative estimate of drug-likeness (QED) is 0.827. The molecule has 0 aliphatic heterocycles. The van der Waals surface area contributed by atoms with Crippen LogP contribution in [0.4, 0.5) is 5.69 Å². The maximum absolute atomic E-state index is 5.13. The smallest absolute Gasteiger partial charge is 0.170 e. The van der Waals surface area contributed by atoms with Crippen molar-refractivity contribution in [2.75, 3.05) is 11.9 Å². The number of anilines is 1. The first-order chi connectivity index (χ1) is 8.78. The van der Waals surface area contributed by atoms with E-state index in [4.69, 9.17) is 12.2 Å². The Balaban J connectivity index is 1.95. The van der Waals surface area contributed by atoms with Gasteiger partial charge in [0.25, 0.3) is 0 Å². The van der Waals surface area contributed by atoms with E-state index in [1.807, 2.05) is 36.0 Å². The van der Waals surface area contributed by atoms with E-state index < -0.39 is 0 Å². The highest BCUT2D eigenvalue weighted by atomic mass is 32.1. The van der Waals surface area contributed by atoms with E-state index in [-0.39, 0.29) is 0 Å². The van der Waals surface area contributed by atoms with Gasteiger partial charge < -0.3 is 10.6 Å². The first-order valence-corrected chi connectivity index (χ1v) is 6.30. The van der Waals surface area contributed by atoms with Crippen molar-refractivity contribution in [3.05, 3.63) is 48.3 Å². The molecule has 5 heteroatoms. The van der Waals surface area contributed by atoms with E-state index in [2.05, 4.69) is 27.9 Å². The summed E-state index contributed by atoms with van der Waals surface area (Å²) in [7, 11) is 0. The zero-order chi connectivity index (χ0) is 12.8. The van der Waals surface area contributed by atoms with E-state index in [0.717, 1.165) is 18.8 Å². The highest BCUT2D eigenvalue weighted by molar-refractivity contribution is 7.80. The van der Waals surface area contributed by atoms with Crippen molar-refractivity contribution in [3.63, 3.8) is 0 Å². The highest BCUT2D eigenvalue weighted by Gasteiger charge is 1.98. The number of benzene rings is 1. The predicted molar refractivity (Wildman–Crippen MR) is 77.7 cm³/mol. The van der Waals surface area contributed by atoms with Crippen molar-refractivity contribution in [1.29, 1.82) is 0 Å². The van der Waals surface area contributed by atoms with Gasteiger partial charge in [-0.25, -0.2) is 0 Å². The summed E-state index contributed by atoms with van der Waals surface area (Å²) in [5, 5.41) is 11.0. The number of thiocarbonyl (C=S) groups is 1. The van der Waals surface area contributed by atoms with Gasteiger partial charge in [0.2, 0.25) is 0 Å². The zero-order valence-corrected chi connectivity index (χ0v) is 11.1. The molecule has 0 amide bonds. The van der Waals surface area contributed by atoms with Crippen molar-refractivity contribution < 1.29 is 0 Å². The van der Waals surface area contributed by atoms with Crippen molar-refractivity contribution >= 4 is 23.0 Å². The van der Waals surface area contributed by atoms with Crippen molar-refractivity contribution in [3.8, 4) is 0 Å². The van der Waals surface area contributed by atoms with E-state index in [0.29, 0.717) is 5.11 Å². The lowest BCUT2D eigenvalue weighted by molar-refractivity contribution is 0.687. The van der Waals surface area contributed by atoms with Crippen LogP contribution in [0.5, 0.6) is 0 Å². The SMILES string of the molecule is CCNC(=S)Nc1ccc(Cn2cccn2)cc1. The Labute approximate surface area is 112 Å². The van der Waals surface area contributed by atoms with E-state index in [1.54, 1.807) is 6.20 Å². The van der Waals surface area contributed by atoms with Gasteiger partial charge in [0.15, 0.2) is 5.11 Å². The third kappa shape index (κ3) is 3.56. The Hall–Kier alpha value is -1.88. The second kappa shape index (κ2) is 6.16. The first kappa shape index (κ1) is 12.6. The van der Waals surface area contributed by atoms with Gasteiger partial charge in [0.1, 0.15) is 0 Å². The maximum Gasteiger partial charge on any atom is 0.170 e. The third-order valence-corrected chi connectivity index (χ3v) is 2.70. The summed E-state index contributed by atoms with van der Waals surface area (Å²) >= 11 is 5.13. The number of nitrogens with zero attached hydrogens (tertiary/aromatic N) is 2. The van der Waals surface area contributed by atoms with E-state index in [1.165, 1.54) is 5.56 Å². The Kier molecular flexibility index (Phi) is 4.30. The molecule has 2 aromatic rings. The molecule has 0 bridgehead atoms. The lowest BCUT2D eigenvalue weighted by Gasteiger charge is -2.09. The summed E-state index contributed by atoms with van der Waals surface area (Å²) in [6.45, 7) is 3.62. The molecule has 0 atom stereocenters. The summed E-state index contributed by atoms with van der Waals surface area (Å²) < 4.78 is 1.89. The largest absolute Gasteiger partial charge is 0.363 e. The van der Waals surface area contributed by atoms with Gasteiger partial charge in [0, 0.05) is 24.6 Å². The fourth-order valence-corrected chi connectivity index (χ4v) is 1.87. The molecule has 4 nitrogen and oxygen atoms in total. The normalized spacial score (nSPS) is 10.1. The van der Waals surface area contributed by atoms with Gasteiger partial charge in [0.05, 0.1) is 6.54 Å². The summed E-state index contributed by atoms with van der Waals surface area (Å²) in [6, 6.07) is 10.1. The molecule has 0 spiro atoms. The average Bonchev–Trinajstić information content (AvgIpc) is 2.85. The first-order valence-electron chi connectivity index (χ1n) is 5.89. The standard InChI is InChI=1S/C13H16N4S/c1-2-14-13(18)16-12-6-4-11(5-7-12)10-17-9-3-8-15-17/h3-9H,2,10H2,1H3,(H2,14,16,18).